The summed E-state index contributed by atoms with van der Waals surface area (Å²) in [7, 11) is 0. The SMILES string of the molecule is C#CCCCCCCC(C)CC. The summed E-state index contributed by atoms with van der Waals surface area (Å²) in [5.41, 5.74) is 0. The van der Waals surface area contributed by atoms with Gasteiger partial charge in [-0.2, -0.15) is 0 Å². The molecule has 0 aromatic rings. The standard InChI is InChI=1S/C12H22/c1-4-6-7-8-9-10-11-12(3)5-2/h1,12H,5-11H2,2-3H3. The van der Waals surface area contributed by atoms with E-state index in [4.69, 9.17) is 6.42 Å². The first-order valence-corrected chi connectivity index (χ1v) is 5.24. The van der Waals surface area contributed by atoms with Gasteiger partial charge in [0, 0.05) is 6.42 Å². The van der Waals surface area contributed by atoms with Crippen LogP contribution in [0.15, 0.2) is 0 Å². The van der Waals surface area contributed by atoms with Crippen LogP contribution < -0.4 is 0 Å². The molecule has 0 aromatic heterocycles. The Morgan fingerprint density at radius 1 is 1.17 bits per heavy atom. The van der Waals surface area contributed by atoms with Crippen molar-refractivity contribution in [3.8, 4) is 12.3 Å². The van der Waals surface area contributed by atoms with Crippen LogP contribution in [0.5, 0.6) is 0 Å². The summed E-state index contributed by atoms with van der Waals surface area (Å²) in [6.07, 6.45) is 14.1. The molecule has 1 atom stereocenters. The summed E-state index contributed by atoms with van der Waals surface area (Å²) in [6.45, 7) is 4.60. The number of hydrogen-bond acceptors (Lipinski definition) is 0. The van der Waals surface area contributed by atoms with Crippen molar-refractivity contribution in [1.82, 2.24) is 0 Å². The third-order valence-electron chi connectivity index (χ3n) is 2.46. The molecule has 1 unspecified atom stereocenters. The van der Waals surface area contributed by atoms with Crippen LogP contribution in [-0.2, 0) is 0 Å². The van der Waals surface area contributed by atoms with E-state index in [2.05, 4.69) is 19.8 Å². The van der Waals surface area contributed by atoms with E-state index < -0.39 is 0 Å². The van der Waals surface area contributed by atoms with Gasteiger partial charge in [-0.05, 0) is 12.3 Å². The van der Waals surface area contributed by atoms with Crippen molar-refractivity contribution in [3.63, 3.8) is 0 Å². The highest BCUT2D eigenvalue weighted by Crippen LogP contribution is 2.13. The van der Waals surface area contributed by atoms with E-state index in [0.717, 1.165) is 12.3 Å². The zero-order valence-corrected chi connectivity index (χ0v) is 8.60. The van der Waals surface area contributed by atoms with Crippen molar-refractivity contribution in [3.05, 3.63) is 0 Å². The van der Waals surface area contributed by atoms with Crippen LogP contribution in [0.1, 0.15) is 58.8 Å². The third kappa shape index (κ3) is 7.66. The van der Waals surface area contributed by atoms with E-state index in [1.54, 1.807) is 0 Å². The van der Waals surface area contributed by atoms with Crippen molar-refractivity contribution in [2.75, 3.05) is 0 Å². The van der Waals surface area contributed by atoms with Gasteiger partial charge in [0.2, 0.25) is 0 Å². The van der Waals surface area contributed by atoms with Gasteiger partial charge in [0.25, 0.3) is 0 Å². The van der Waals surface area contributed by atoms with Crippen molar-refractivity contribution < 1.29 is 0 Å². The second-order valence-electron chi connectivity index (χ2n) is 3.67. The van der Waals surface area contributed by atoms with Gasteiger partial charge in [0.15, 0.2) is 0 Å². The van der Waals surface area contributed by atoms with Crippen LogP contribution in [0.2, 0.25) is 0 Å². The van der Waals surface area contributed by atoms with Gasteiger partial charge in [-0.15, -0.1) is 12.3 Å². The van der Waals surface area contributed by atoms with Crippen LogP contribution in [0.25, 0.3) is 0 Å². The molecule has 0 aliphatic carbocycles. The Balaban J connectivity index is 2.96. The molecule has 70 valence electrons. The molecule has 0 aromatic carbocycles. The molecule has 0 heterocycles. The molecule has 0 saturated heterocycles. The van der Waals surface area contributed by atoms with Crippen LogP contribution in [0, 0.1) is 18.3 Å². The van der Waals surface area contributed by atoms with Crippen LogP contribution in [0.4, 0.5) is 0 Å². The smallest absolute Gasteiger partial charge is 0.00860 e. The van der Waals surface area contributed by atoms with E-state index in [-0.39, 0.29) is 0 Å². The lowest BCUT2D eigenvalue weighted by Crippen LogP contribution is -1.91. The quantitative estimate of drug-likeness (QED) is 0.396. The summed E-state index contributed by atoms with van der Waals surface area (Å²) >= 11 is 0. The minimum absolute atomic E-state index is 0.914. The van der Waals surface area contributed by atoms with Crippen molar-refractivity contribution in [1.29, 1.82) is 0 Å². The first kappa shape index (κ1) is 11.6. The van der Waals surface area contributed by atoms with E-state index in [0.29, 0.717) is 0 Å². The molecule has 0 spiro atoms. The molecule has 0 aliphatic rings. The fourth-order valence-electron chi connectivity index (χ4n) is 1.28. The summed E-state index contributed by atoms with van der Waals surface area (Å²) in [4.78, 5) is 0. The van der Waals surface area contributed by atoms with E-state index >= 15 is 0 Å². The minimum Gasteiger partial charge on any atom is -0.120 e. The zero-order chi connectivity index (χ0) is 9.23. The first-order chi connectivity index (χ1) is 5.81. The summed E-state index contributed by atoms with van der Waals surface area (Å²) < 4.78 is 0. The molecule has 0 rings (SSSR count). The average Bonchev–Trinajstić information content (AvgIpc) is 2.10. The summed E-state index contributed by atoms with van der Waals surface area (Å²) in [6, 6.07) is 0. The van der Waals surface area contributed by atoms with E-state index in [1.807, 2.05) is 0 Å². The summed E-state index contributed by atoms with van der Waals surface area (Å²) in [5, 5.41) is 0. The number of unbranched alkanes of at least 4 members (excludes halogenated alkanes) is 4. The molecule has 0 heteroatoms. The lowest BCUT2D eigenvalue weighted by molar-refractivity contribution is 0.475. The Morgan fingerprint density at radius 3 is 2.42 bits per heavy atom. The molecule has 0 N–H and O–H groups in total. The maximum atomic E-state index is 5.16. The molecular weight excluding hydrogens is 144 g/mol. The lowest BCUT2D eigenvalue weighted by atomic mass is 10.0. The van der Waals surface area contributed by atoms with Crippen LogP contribution in [-0.4, -0.2) is 0 Å². The predicted octanol–water partition coefficient (Wildman–Crippen LogP) is 4.01. The molecule has 0 bridgehead atoms. The largest absolute Gasteiger partial charge is 0.120 e. The van der Waals surface area contributed by atoms with Crippen LogP contribution in [0.3, 0.4) is 0 Å². The van der Waals surface area contributed by atoms with Gasteiger partial charge in [-0.3, -0.25) is 0 Å². The lowest BCUT2D eigenvalue weighted by Gasteiger charge is -2.06. The number of hydrogen-bond donors (Lipinski definition) is 0. The second kappa shape index (κ2) is 8.65. The predicted molar refractivity (Wildman–Crippen MR) is 56.0 cm³/mol. The summed E-state index contributed by atoms with van der Waals surface area (Å²) in [5.74, 6) is 3.59. The molecule has 0 radical (unpaired) electrons. The van der Waals surface area contributed by atoms with Crippen molar-refractivity contribution >= 4 is 0 Å². The maximum Gasteiger partial charge on any atom is 0.00860 e. The van der Waals surface area contributed by atoms with Crippen LogP contribution >= 0.6 is 0 Å². The molecule has 0 nitrogen and oxygen atoms in total. The molecule has 0 saturated carbocycles. The highest BCUT2D eigenvalue weighted by atomic mass is 14.0. The average molecular weight is 166 g/mol. The zero-order valence-electron chi connectivity index (χ0n) is 8.60. The van der Waals surface area contributed by atoms with Crippen molar-refractivity contribution in [2.24, 2.45) is 5.92 Å². The molecular formula is C12H22. The fraction of sp³-hybridized carbons (Fsp3) is 0.833. The molecule has 0 amide bonds. The number of rotatable bonds is 7. The van der Waals surface area contributed by atoms with Gasteiger partial charge >= 0.3 is 0 Å². The van der Waals surface area contributed by atoms with Gasteiger partial charge in [0.1, 0.15) is 0 Å². The van der Waals surface area contributed by atoms with Gasteiger partial charge in [0.05, 0.1) is 0 Å². The molecule has 12 heavy (non-hydrogen) atoms. The van der Waals surface area contributed by atoms with E-state index in [9.17, 15) is 0 Å². The molecule has 0 aliphatic heterocycles. The maximum absolute atomic E-state index is 5.16. The highest BCUT2D eigenvalue weighted by molar-refractivity contribution is 4.82. The Hall–Kier alpha value is -0.440. The fourth-order valence-corrected chi connectivity index (χ4v) is 1.28. The first-order valence-electron chi connectivity index (χ1n) is 5.24. The van der Waals surface area contributed by atoms with E-state index in [1.165, 1.54) is 38.5 Å². The second-order valence-corrected chi connectivity index (χ2v) is 3.67. The Kier molecular flexibility index (Phi) is 8.34. The number of terminal acetylenes is 1. The Morgan fingerprint density at radius 2 is 1.83 bits per heavy atom. The Bertz CT molecular complexity index is 118. The Labute approximate surface area is 77.8 Å². The molecule has 0 fully saturated rings. The normalized spacial score (nSPS) is 12.4. The van der Waals surface area contributed by atoms with Crippen molar-refractivity contribution in [2.45, 2.75) is 58.8 Å². The van der Waals surface area contributed by atoms with Gasteiger partial charge < -0.3 is 0 Å². The third-order valence-corrected chi connectivity index (χ3v) is 2.46. The topological polar surface area (TPSA) is 0 Å². The highest BCUT2D eigenvalue weighted by Gasteiger charge is 1.97. The minimum atomic E-state index is 0.914. The van der Waals surface area contributed by atoms with Gasteiger partial charge in [-0.25, -0.2) is 0 Å². The van der Waals surface area contributed by atoms with Gasteiger partial charge in [-0.1, -0.05) is 46.0 Å². The monoisotopic (exact) mass is 166 g/mol.